The summed E-state index contributed by atoms with van der Waals surface area (Å²) < 4.78 is 36.8. The van der Waals surface area contributed by atoms with Crippen LogP contribution in [-0.2, 0) is 14.6 Å². The Bertz CT molecular complexity index is 829. The van der Waals surface area contributed by atoms with Crippen molar-refractivity contribution in [1.82, 2.24) is 15.1 Å². The smallest absolute Gasteiger partial charge is 0.254 e. The Morgan fingerprint density at radius 3 is 2.22 bits per heavy atom. The van der Waals surface area contributed by atoms with E-state index in [0.29, 0.717) is 26.2 Å². The van der Waals surface area contributed by atoms with Crippen LogP contribution in [-0.4, -0.2) is 80.3 Å². The molecule has 1 N–H and O–H groups in total. The number of carbonyl (C=O) groups is 2. The molecule has 2 amide bonds. The van der Waals surface area contributed by atoms with Crippen molar-refractivity contribution in [1.29, 1.82) is 0 Å². The third-order valence-corrected chi connectivity index (χ3v) is 7.44. The van der Waals surface area contributed by atoms with Gasteiger partial charge in [-0.15, -0.1) is 0 Å². The normalized spacial score (nSPS) is 20.4. The summed E-state index contributed by atoms with van der Waals surface area (Å²) in [5.74, 6) is -1.14. The molecule has 2 aliphatic rings. The quantitative estimate of drug-likeness (QED) is 0.792. The molecule has 0 radical (unpaired) electrons. The lowest BCUT2D eigenvalue weighted by Gasteiger charge is -2.42. The summed E-state index contributed by atoms with van der Waals surface area (Å²) >= 11 is 0. The van der Waals surface area contributed by atoms with Crippen LogP contribution in [0.3, 0.4) is 0 Å². The van der Waals surface area contributed by atoms with Crippen molar-refractivity contribution in [3.63, 3.8) is 0 Å². The van der Waals surface area contributed by atoms with Gasteiger partial charge in [-0.25, -0.2) is 12.8 Å². The highest BCUT2D eigenvalue weighted by Gasteiger charge is 2.50. The second-order valence-corrected chi connectivity index (χ2v) is 9.44. The number of carbonyl (C=O) groups excluding carboxylic acids is 2. The highest BCUT2D eigenvalue weighted by molar-refractivity contribution is 7.92. The first-order valence-corrected chi connectivity index (χ1v) is 10.9. The molecule has 1 aromatic carbocycles. The Morgan fingerprint density at radius 1 is 1.07 bits per heavy atom. The summed E-state index contributed by atoms with van der Waals surface area (Å²) in [5, 5.41) is 3.10. The zero-order valence-electron chi connectivity index (χ0n) is 15.3. The second-order valence-electron chi connectivity index (χ2n) is 7.11. The van der Waals surface area contributed by atoms with Gasteiger partial charge in [0, 0.05) is 38.0 Å². The lowest BCUT2D eigenvalue weighted by Crippen LogP contribution is -2.61. The molecule has 0 aliphatic carbocycles. The number of hydrogen-bond acceptors (Lipinski definition) is 5. The molecule has 2 saturated heterocycles. The van der Waals surface area contributed by atoms with E-state index in [1.54, 1.807) is 15.9 Å². The average Bonchev–Trinajstić information content (AvgIpc) is 2.66. The van der Waals surface area contributed by atoms with Crippen LogP contribution in [0.2, 0.25) is 0 Å². The fourth-order valence-electron chi connectivity index (χ4n) is 3.78. The maximum absolute atomic E-state index is 13.3. The molecule has 27 heavy (non-hydrogen) atoms. The summed E-state index contributed by atoms with van der Waals surface area (Å²) in [6, 6.07) is 5.50. The van der Waals surface area contributed by atoms with E-state index < -0.39 is 20.4 Å². The Kier molecular flexibility index (Phi) is 5.53. The van der Waals surface area contributed by atoms with Crippen molar-refractivity contribution in [2.24, 2.45) is 0 Å². The minimum absolute atomic E-state index is 0.257. The van der Waals surface area contributed by atoms with Crippen LogP contribution < -0.4 is 5.32 Å². The largest absolute Gasteiger partial charge is 0.338 e. The van der Waals surface area contributed by atoms with Gasteiger partial charge < -0.3 is 15.1 Å². The van der Waals surface area contributed by atoms with E-state index in [4.69, 9.17) is 0 Å². The van der Waals surface area contributed by atoms with Crippen molar-refractivity contribution in [2.75, 3.05) is 45.5 Å². The zero-order valence-corrected chi connectivity index (χ0v) is 16.1. The van der Waals surface area contributed by atoms with E-state index in [0.717, 1.165) is 6.26 Å². The number of piperidine rings is 1. The SMILES string of the molecule is CS(=O)(=O)C1(C(=O)N2CCN(C(=O)c3cccc(F)c3)CC2)CCNCC1. The van der Waals surface area contributed by atoms with Gasteiger partial charge in [0.05, 0.1) is 0 Å². The van der Waals surface area contributed by atoms with E-state index >= 15 is 0 Å². The second kappa shape index (κ2) is 7.55. The zero-order chi connectivity index (χ0) is 19.7. The first-order valence-electron chi connectivity index (χ1n) is 8.99. The lowest BCUT2D eigenvalue weighted by molar-refractivity contribution is -0.136. The molecular formula is C18H24FN3O4S. The van der Waals surface area contributed by atoms with Crippen LogP contribution in [0.25, 0.3) is 0 Å². The van der Waals surface area contributed by atoms with E-state index in [9.17, 15) is 22.4 Å². The highest BCUT2D eigenvalue weighted by atomic mass is 32.2. The molecule has 0 bridgehead atoms. The molecule has 3 rings (SSSR count). The molecule has 2 aliphatic heterocycles. The van der Waals surface area contributed by atoms with Crippen LogP contribution in [0.5, 0.6) is 0 Å². The summed E-state index contributed by atoms with van der Waals surface area (Å²) in [5.41, 5.74) is 0.265. The molecule has 0 saturated carbocycles. The topological polar surface area (TPSA) is 86.8 Å². The minimum atomic E-state index is -3.57. The van der Waals surface area contributed by atoms with Gasteiger partial charge in [0.1, 0.15) is 5.82 Å². The van der Waals surface area contributed by atoms with Crippen molar-refractivity contribution in [3.05, 3.63) is 35.6 Å². The molecule has 7 nitrogen and oxygen atoms in total. The number of rotatable bonds is 3. The maximum atomic E-state index is 13.3. The average molecular weight is 397 g/mol. The van der Waals surface area contributed by atoms with E-state index in [1.165, 1.54) is 18.2 Å². The van der Waals surface area contributed by atoms with Gasteiger partial charge in [-0.2, -0.15) is 0 Å². The van der Waals surface area contributed by atoms with E-state index in [-0.39, 0.29) is 43.3 Å². The number of benzene rings is 1. The predicted molar refractivity (Wildman–Crippen MR) is 98.6 cm³/mol. The maximum Gasteiger partial charge on any atom is 0.254 e. The van der Waals surface area contributed by atoms with Gasteiger partial charge in [0.25, 0.3) is 5.91 Å². The molecule has 9 heteroatoms. The number of amides is 2. The third kappa shape index (κ3) is 3.84. The van der Waals surface area contributed by atoms with Crippen LogP contribution in [0.15, 0.2) is 24.3 Å². The number of hydrogen-bond donors (Lipinski definition) is 1. The first-order chi connectivity index (χ1) is 12.7. The molecule has 1 aromatic rings. The molecule has 2 heterocycles. The predicted octanol–water partition coefficient (Wildman–Crippen LogP) is 0.277. The number of nitrogens with zero attached hydrogens (tertiary/aromatic N) is 2. The molecule has 0 atom stereocenters. The van der Waals surface area contributed by atoms with Crippen LogP contribution in [0.4, 0.5) is 4.39 Å². The monoisotopic (exact) mass is 397 g/mol. The standard InChI is InChI=1S/C18H24FN3O4S/c1-27(25,26)18(5-7-20-8-6-18)17(24)22-11-9-21(10-12-22)16(23)14-3-2-4-15(19)13-14/h2-4,13,20H,5-12H2,1H3. The first kappa shape index (κ1) is 19.8. The Morgan fingerprint density at radius 2 is 1.67 bits per heavy atom. The molecule has 0 spiro atoms. The number of piperazine rings is 1. The number of sulfone groups is 1. The Hall–Kier alpha value is -2.00. The van der Waals surface area contributed by atoms with Gasteiger partial charge in [0.2, 0.25) is 5.91 Å². The van der Waals surface area contributed by atoms with E-state index in [1.807, 2.05) is 0 Å². The number of halogens is 1. The van der Waals surface area contributed by atoms with Crippen LogP contribution in [0.1, 0.15) is 23.2 Å². The summed E-state index contributed by atoms with van der Waals surface area (Å²) in [6.45, 7) is 2.08. The Balaban J connectivity index is 1.69. The van der Waals surface area contributed by atoms with Gasteiger partial charge in [0.15, 0.2) is 14.6 Å². The van der Waals surface area contributed by atoms with Gasteiger partial charge >= 0.3 is 0 Å². The summed E-state index contributed by atoms with van der Waals surface area (Å²) in [4.78, 5) is 28.7. The van der Waals surface area contributed by atoms with Gasteiger partial charge in [-0.3, -0.25) is 9.59 Å². The number of nitrogens with one attached hydrogen (secondary N) is 1. The molecule has 2 fully saturated rings. The van der Waals surface area contributed by atoms with Crippen molar-refractivity contribution in [2.45, 2.75) is 17.6 Å². The fourth-order valence-corrected chi connectivity index (χ4v) is 5.17. The molecular weight excluding hydrogens is 373 g/mol. The van der Waals surface area contributed by atoms with Crippen molar-refractivity contribution >= 4 is 21.7 Å². The van der Waals surface area contributed by atoms with Crippen LogP contribution in [0, 0.1) is 5.82 Å². The minimum Gasteiger partial charge on any atom is -0.338 e. The highest BCUT2D eigenvalue weighted by Crippen LogP contribution is 2.30. The van der Waals surface area contributed by atoms with Crippen molar-refractivity contribution in [3.8, 4) is 0 Å². The Labute approximate surface area is 158 Å². The van der Waals surface area contributed by atoms with Gasteiger partial charge in [-0.05, 0) is 44.1 Å². The molecule has 0 unspecified atom stereocenters. The lowest BCUT2D eigenvalue weighted by atomic mass is 9.94. The van der Waals surface area contributed by atoms with E-state index in [2.05, 4.69) is 5.32 Å². The molecule has 0 aromatic heterocycles. The van der Waals surface area contributed by atoms with Crippen LogP contribution >= 0.6 is 0 Å². The molecule has 148 valence electrons. The van der Waals surface area contributed by atoms with Crippen molar-refractivity contribution < 1.29 is 22.4 Å². The summed E-state index contributed by atoms with van der Waals surface area (Å²) in [7, 11) is -3.57. The summed E-state index contributed by atoms with van der Waals surface area (Å²) in [6.07, 6.45) is 1.64. The third-order valence-electron chi connectivity index (χ3n) is 5.44. The van der Waals surface area contributed by atoms with Gasteiger partial charge in [-0.1, -0.05) is 6.07 Å². The fraction of sp³-hybridized carbons (Fsp3) is 0.556.